The van der Waals surface area contributed by atoms with Crippen molar-refractivity contribution in [2.75, 3.05) is 0 Å². The molecule has 0 saturated carbocycles. The number of thiazole rings is 1. The molecule has 1 atom stereocenters. The van der Waals surface area contributed by atoms with Gasteiger partial charge < -0.3 is 0 Å². The SMILES string of the molecule is O=c1c(=Cc2ccc([N+](=O)[O-])cc2)sc2n1C(c1ccccc1)C(c1ccccc1)=NN=2. The van der Waals surface area contributed by atoms with Gasteiger partial charge in [-0.2, -0.15) is 0 Å². The number of non-ortho nitro benzene ring substituents is 1. The summed E-state index contributed by atoms with van der Waals surface area (Å²) in [4.78, 5) is 24.4. The van der Waals surface area contributed by atoms with Crippen molar-refractivity contribution in [3.05, 3.63) is 131 Å². The van der Waals surface area contributed by atoms with Crippen molar-refractivity contribution in [3.63, 3.8) is 0 Å². The second kappa shape index (κ2) is 8.16. The van der Waals surface area contributed by atoms with Crippen LogP contribution in [-0.2, 0) is 0 Å². The normalized spacial score (nSPS) is 15.6. The van der Waals surface area contributed by atoms with Crippen molar-refractivity contribution < 1.29 is 4.92 Å². The Hall–Kier alpha value is -4.17. The molecule has 0 saturated heterocycles. The lowest BCUT2D eigenvalue weighted by Crippen LogP contribution is -2.40. The van der Waals surface area contributed by atoms with E-state index >= 15 is 0 Å². The van der Waals surface area contributed by atoms with E-state index < -0.39 is 11.0 Å². The van der Waals surface area contributed by atoms with Crippen LogP contribution in [0.1, 0.15) is 22.7 Å². The Bertz CT molecular complexity index is 1510. The van der Waals surface area contributed by atoms with Gasteiger partial charge >= 0.3 is 0 Å². The van der Waals surface area contributed by atoms with Gasteiger partial charge in [-0.3, -0.25) is 19.5 Å². The maximum absolute atomic E-state index is 13.5. The molecule has 0 fully saturated rings. The highest BCUT2D eigenvalue weighted by Gasteiger charge is 2.28. The fourth-order valence-electron chi connectivity index (χ4n) is 3.67. The van der Waals surface area contributed by atoms with Gasteiger partial charge in [-0.1, -0.05) is 72.0 Å². The molecule has 0 bridgehead atoms. The number of aromatic nitrogens is 1. The third-order valence-corrected chi connectivity index (χ3v) is 6.16. The molecule has 1 aromatic heterocycles. The predicted molar refractivity (Wildman–Crippen MR) is 124 cm³/mol. The zero-order chi connectivity index (χ0) is 22.1. The van der Waals surface area contributed by atoms with Crippen LogP contribution in [0, 0.1) is 10.1 Å². The van der Waals surface area contributed by atoms with Gasteiger partial charge in [0.25, 0.3) is 11.2 Å². The van der Waals surface area contributed by atoms with Gasteiger partial charge in [0.15, 0.2) is 0 Å². The summed E-state index contributed by atoms with van der Waals surface area (Å²) in [6, 6.07) is 25.1. The third kappa shape index (κ3) is 3.57. The number of rotatable bonds is 4. The van der Waals surface area contributed by atoms with Crippen LogP contribution in [0.4, 0.5) is 5.69 Å². The van der Waals surface area contributed by atoms with Crippen LogP contribution in [0.3, 0.4) is 0 Å². The largest absolute Gasteiger partial charge is 0.271 e. The summed E-state index contributed by atoms with van der Waals surface area (Å²) in [5, 5.41) is 19.7. The van der Waals surface area contributed by atoms with Crippen molar-refractivity contribution in [3.8, 4) is 0 Å². The maximum atomic E-state index is 13.5. The smallest absolute Gasteiger partial charge is 0.268 e. The van der Waals surface area contributed by atoms with E-state index in [9.17, 15) is 14.9 Å². The molecule has 3 aromatic carbocycles. The summed E-state index contributed by atoms with van der Waals surface area (Å²) in [5.74, 6) is 0. The average Bonchev–Trinajstić information content (AvgIpc) is 3.15. The number of benzene rings is 3. The number of nitro benzene ring substituents is 1. The topological polar surface area (TPSA) is 89.9 Å². The fraction of sp³-hybridized carbons (Fsp3) is 0.0417. The van der Waals surface area contributed by atoms with Crippen LogP contribution in [0.5, 0.6) is 0 Å². The molecule has 5 rings (SSSR count). The van der Waals surface area contributed by atoms with Crippen LogP contribution in [0.15, 0.2) is 99.9 Å². The standard InChI is InChI=1S/C24H16N4O3S/c29-23-20(15-16-11-13-19(14-12-16)28(30)31)32-24-26-25-21(17-7-3-1-4-8-17)22(27(23)24)18-9-5-2-6-10-18/h1-15,22H. The zero-order valence-electron chi connectivity index (χ0n) is 16.7. The third-order valence-electron chi connectivity index (χ3n) is 5.18. The second-order valence-electron chi connectivity index (χ2n) is 7.18. The molecule has 4 aromatic rings. The van der Waals surface area contributed by atoms with Crippen LogP contribution < -0.4 is 14.9 Å². The molecule has 0 radical (unpaired) electrons. The van der Waals surface area contributed by atoms with Gasteiger partial charge in [-0.15, -0.1) is 10.2 Å². The molecule has 0 amide bonds. The molecule has 32 heavy (non-hydrogen) atoms. The monoisotopic (exact) mass is 440 g/mol. The summed E-state index contributed by atoms with van der Waals surface area (Å²) in [6.07, 6.45) is 1.72. The Kier molecular flexibility index (Phi) is 5.04. The Morgan fingerprint density at radius 1 is 0.906 bits per heavy atom. The van der Waals surface area contributed by atoms with E-state index in [1.165, 1.54) is 23.5 Å². The molecule has 0 N–H and O–H groups in total. The lowest BCUT2D eigenvalue weighted by Gasteiger charge is -2.22. The highest BCUT2D eigenvalue weighted by atomic mass is 32.1. The highest BCUT2D eigenvalue weighted by molar-refractivity contribution is 7.07. The van der Waals surface area contributed by atoms with Crippen LogP contribution in [0.2, 0.25) is 0 Å². The molecular weight excluding hydrogens is 424 g/mol. The van der Waals surface area contributed by atoms with Crippen LogP contribution >= 0.6 is 11.3 Å². The van der Waals surface area contributed by atoms with E-state index in [0.29, 0.717) is 20.6 Å². The quantitative estimate of drug-likeness (QED) is 0.360. The van der Waals surface area contributed by atoms with E-state index in [1.54, 1.807) is 22.8 Å². The van der Waals surface area contributed by atoms with Gasteiger partial charge in [0.2, 0.25) is 4.80 Å². The lowest BCUT2D eigenvalue weighted by atomic mass is 9.96. The average molecular weight is 440 g/mol. The van der Waals surface area contributed by atoms with Gasteiger partial charge in [-0.25, -0.2) is 0 Å². The Balaban J connectivity index is 1.67. The molecule has 8 heteroatoms. The predicted octanol–water partition coefficient (Wildman–Crippen LogP) is 3.27. The van der Waals surface area contributed by atoms with Gasteiger partial charge in [0.1, 0.15) is 6.04 Å². The van der Waals surface area contributed by atoms with Crippen molar-refractivity contribution in [1.29, 1.82) is 0 Å². The van der Waals surface area contributed by atoms with Gasteiger partial charge in [0, 0.05) is 17.7 Å². The number of hydrogen-bond donors (Lipinski definition) is 0. The molecule has 1 aliphatic heterocycles. The first-order valence-electron chi connectivity index (χ1n) is 9.85. The highest BCUT2D eigenvalue weighted by Crippen LogP contribution is 2.24. The van der Waals surface area contributed by atoms with Crippen molar-refractivity contribution >= 4 is 28.8 Å². The van der Waals surface area contributed by atoms with E-state index in [2.05, 4.69) is 10.2 Å². The summed E-state index contributed by atoms with van der Waals surface area (Å²) in [6.45, 7) is 0. The Morgan fingerprint density at radius 3 is 2.22 bits per heavy atom. The number of fused-ring (bicyclic) bond motifs is 1. The fourth-order valence-corrected chi connectivity index (χ4v) is 4.61. The first-order valence-corrected chi connectivity index (χ1v) is 10.7. The van der Waals surface area contributed by atoms with E-state index in [1.807, 2.05) is 60.7 Å². The first-order chi connectivity index (χ1) is 15.6. The summed E-state index contributed by atoms with van der Waals surface area (Å²) >= 11 is 1.25. The van der Waals surface area contributed by atoms with Crippen LogP contribution in [0.25, 0.3) is 6.08 Å². The number of nitrogens with zero attached hydrogens (tertiary/aromatic N) is 4. The second-order valence-corrected chi connectivity index (χ2v) is 8.19. The molecule has 7 nitrogen and oxygen atoms in total. The minimum absolute atomic E-state index is 0.00407. The van der Waals surface area contributed by atoms with Gasteiger partial charge in [0.05, 0.1) is 15.2 Å². The minimum atomic E-state index is -0.450. The molecule has 0 aliphatic carbocycles. The van der Waals surface area contributed by atoms with Crippen molar-refractivity contribution in [2.24, 2.45) is 10.2 Å². The molecule has 2 heterocycles. The van der Waals surface area contributed by atoms with E-state index in [-0.39, 0.29) is 11.2 Å². The minimum Gasteiger partial charge on any atom is -0.268 e. The zero-order valence-corrected chi connectivity index (χ0v) is 17.5. The molecule has 156 valence electrons. The molecule has 1 aliphatic rings. The molecule has 0 spiro atoms. The summed E-state index contributed by atoms with van der Waals surface area (Å²) < 4.78 is 2.16. The van der Waals surface area contributed by atoms with E-state index in [4.69, 9.17) is 0 Å². The van der Waals surface area contributed by atoms with Crippen LogP contribution in [-0.4, -0.2) is 15.2 Å². The summed E-state index contributed by atoms with van der Waals surface area (Å²) in [7, 11) is 0. The van der Waals surface area contributed by atoms with Crippen molar-refractivity contribution in [1.82, 2.24) is 4.57 Å². The lowest BCUT2D eigenvalue weighted by molar-refractivity contribution is -0.384. The maximum Gasteiger partial charge on any atom is 0.271 e. The molecular formula is C24H16N4O3S. The van der Waals surface area contributed by atoms with Gasteiger partial charge in [-0.05, 0) is 29.3 Å². The van der Waals surface area contributed by atoms with Crippen molar-refractivity contribution in [2.45, 2.75) is 6.04 Å². The molecule has 1 unspecified atom stereocenters. The number of nitro groups is 1. The first kappa shape index (κ1) is 19.8. The Morgan fingerprint density at radius 2 is 1.56 bits per heavy atom. The number of hydrogen-bond acceptors (Lipinski definition) is 6. The van der Waals surface area contributed by atoms with E-state index in [0.717, 1.165) is 11.1 Å². The Labute approximate surface area is 186 Å². The summed E-state index contributed by atoms with van der Waals surface area (Å²) in [5.41, 5.74) is 3.06.